The van der Waals surface area contributed by atoms with E-state index in [0.29, 0.717) is 28.6 Å². The maximum absolute atomic E-state index is 10.3. The Morgan fingerprint density at radius 1 is 1.03 bits per heavy atom. The summed E-state index contributed by atoms with van der Waals surface area (Å²) in [7, 11) is 0. The van der Waals surface area contributed by atoms with Crippen molar-refractivity contribution in [3.8, 4) is 0 Å². The smallest absolute Gasteiger partial charge is 0.0543 e. The molecule has 1 N–H and O–H groups in total. The molecule has 1 heteroatoms. The maximum atomic E-state index is 10.3. The normalized spacial score (nSPS) is 44.1. The fraction of sp³-hybridized carbons (Fsp3) is 0.867. The molecule has 176 valence electrons. The summed E-state index contributed by atoms with van der Waals surface area (Å²) in [6, 6.07) is 0. The van der Waals surface area contributed by atoms with Crippen molar-refractivity contribution in [3.63, 3.8) is 0 Å². The van der Waals surface area contributed by atoms with Crippen LogP contribution in [0.25, 0.3) is 0 Å². The lowest BCUT2D eigenvalue weighted by atomic mass is 9.48. The highest BCUT2D eigenvalue weighted by molar-refractivity contribution is 5.27. The van der Waals surface area contributed by atoms with Gasteiger partial charge in [-0.3, -0.25) is 0 Å². The van der Waals surface area contributed by atoms with E-state index in [-0.39, 0.29) is 6.10 Å². The Morgan fingerprint density at radius 3 is 2.42 bits per heavy atom. The lowest BCUT2D eigenvalue weighted by Gasteiger charge is -2.57. The summed E-state index contributed by atoms with van der Waals surface area (Å²) in [5, 5.41) is 10.3. The first kappa shape index (κ1) is 23.6. The first-order valence-electron chi connectivity index (χ1n) is 13.6. The molecule has 3 unspecified atom stereocenters. The predicted molar refractivity (Wildman–Crippen MR) is 133 cm³/mol. The summed E-state index contributed by atoms with van der Waals surface area (Å²) in [6.07, 6.45) is 15.4. The number of aliphatic hydroxyl groups excluding tert-OH is 1. The highest BCUT2D eigenvalue weighted by Crippen LogP contribution is 2.66. The molecular weight excluding hydrogens is 376 g/mol. The van der Waals surface area contributed by atoms with Crippen LogP contribution in [0.15, 0.2) is 23.8 Å². The van der Waals surface area contributed by atoms with E-state index in [1.807, 2.05) is 5.57 Å². The van der Waals surface area contributed by atoms with E-state index in [4.69, 9.17) is 0 Å². The van der Waals surface area contributed by atoms with Crippen LogP contribution in [0.1, 0.15) is 106 Å². The second-order valence-corrected chi connectivity index (χ2v) is 13.2. The topological polar surface area (TPSA) is 20.2 Å². The average molecular weight is 427 g/mol. The minimum absolute atomic E-state index is 0.0487. The van der Waals surface area contributed by atoms with Crippen LogP contribution in [0.4, 0.5) is 0 Å². The van der Waals surface area contributed by atoms with Crippen LogP contribution in [0.3, 0.4) is 0 Å². The number of fused-ring (bicyclic) bond motifs is 5. The fourth-order valence-electron chi connectivity index (χ4n) is 8.66. The standard InChI is InChI=1S/C30H50O/c1-19(2)22(5)21(4)16-20(3)17-23-9-11-27-26-10-8-24-18-25(31)12-14-29(24,6)28(26)13-15-30(23,27)7/h10,19-20,22-25,27-28,31H,4,8-9,11-18H2,1-3,5-7H3/t20-,22?,23+,24-,25-,27?,28?,29-,30+/m0/s1. The van der Waals surface area contributed by atoms with Gasteiger partial charge < -0.3 is 5.11 Å². The van der Waals surface area contributed by atoms with E-state index < -0.39 is 0 Å². The fourth-order valence-corrected chi connectivity index (χ4v) is 8.66. The largest absolute Gasteiger partial charge is 0.393 e. The second kappa shape index (κ2) is 8.66. The van der Waals surface area contributed by atoms with Gasteiger partial charge in [0.2, 0.25) is 0 Å². The van der Waals surface area contributed by atoms with Crippen LogP contribution >= 0.6 is 0 Å². The zero-order valence-electron chi connectivity index (χ0n) is 21.4. The lowest BCUT2D eigenvalue weighted by Crippen LogP contribution is -2.49. The number of hydrogen-bond donors (Lipinski definition) is 1. The van der Waals surface area contributed by atoms with Crippen molar-refractivity contribution in [1.29, 1.82) is 0 Å². The number of aliphatic hydroxyl groups is 1. The van der Waals surface area contributed by atoms with Gasteiger partial charge in [-0.15, -0.1) is 0 Å². The Hall–Kier alpha value is -0.560. The molecule has 0 saturated heterocycles. The second-order valence-electron chi connectivity index (χ2n) is 13.2. The molecule has 0 amide bonds. The molecule has 0 aromatic rings. The average Bonchev–Trinajstić information content (AvgIpc) is 3.04. The van der Waals surface area contributed by atoms with E-state index in [1.54, 1.807) is 0 Å². The van der Waals surface area contributed by atoms with Crippen LogP contribution in [0.5, 0.6) is 0 Å². The Labute approximate surface area is 193 Å². The summed E-state index contributed by atoms with van der Waals surface area (Å²) < 4.78 is 0. The van der Waals surface area contributed by atoms with Crippen LogP contribution in [-0.2, 0) is 0 Å². The summed E-state index contributed by atoms with van der Waals surface area (Å²) in [5.41, 5.74) is 4.29. The van der Waals surface area contributed by atoms with Crippen LogP contribution in [-0.4, -0.2) is 11.2 Å². The van der Waals surface area contributed by atoms with E-state index in [2.05, 4.69) is 54.2 Å². The Morgan fingerprint density at radius 2 is 1.71 bits per heavy atom. The van der Waals surface area contributed by atoms with Gasteiger partial charge in [-0.1, -0.05) is 65.3 Å². The third-order valence-corrected chi connectivity index (χ3v) is 11.2. The quantitative estimate of drug-likeness (QED) is 0.424. The van der Waals surface area contributed by atoms with Gasteiger partial charge in [-0.25, -0.2) is 0 Å². The third-order valence-electron chi connectivity index (χ3n) is 11.2. The number of hydrogen-bond acceptors (Lipinski definition) is 1. The zero-order valence-corrected chi connectivity index (χ0v) is 21.4. The molecule has 31 heavy (non-hydrogen) atoms. The highest BCUT2D eigenvalue weighted by Gasteiger charge is 2.57. The lowest BCUT2D eigenvalue weighted by molar-refractivity contribution is -0.0407. The van der Waals surface area contributed by atoms with E-state index in [9.17, 15) is 5.11 Å². The van der Waals surface area contributed by atoms with Crippen molar-refractivity contribution < 1.29 is 5.11 Å². The van der Waals surface area contributed by atoms with Crippen molar-refractivity contribution in [2.45, 2.75) is 112 Å². The van der Waals surface area contributed by atoms with E-state index in [1.165, 1.54) is 56.9 Å². The summed E-state index contributed by atoms with van der Waals surface area (Å²) in [6.45, 7) is 19.2. The van der Waals surface area contributed by atoms with E-state index in [0.717, 1.165) is 36.5 Å². The predicted octanol–water partition coefficient (Wildman–Crippen LogP) is 8.19. The Balaban J connectivity index is 1.45. The molecule has 4 aliphatic rings. The van der Waals surface area contributed by atoms with Gasteiger partial charge in [0.1, 0.15) is 0 Å². The zero-order chi connectivity index (χ0) is 22.6. The van der Waals surface area contributed by atoms with Crippen LogP contribution in [0, 0.1) is 52.3 Å². The molecule has 3 saturated carbocycles. The van der Waals surface area contributed by atoms with Crippen LogP contribution < -0.4 is 0 Å². The molecule has 3 fully saturated rings. The Bertz CT molecular complexity index is 703. The molecule has 1 nitrogen and oxygen atoms in total. The van der Waals surface area contributed by atoms with Crippen molar-refractivity contribution in [3.05, 3.63) is 23.8 Å². The molecule has 0 spiro atoms. The molecule has 4 aliphatic carbocycles. The van der Waals surface area contributed by atoms with Crippen LogP contribution in [0.2, 0.25) is 0 Å². The monoisotopic (exact) mass is 426 g/mol. The van der Waals surface area contributed by atoms with Gasteiger partial charge in [0.15, 0.2) is 0 Å². The molecule has 0 aromatic carbocycles. The van der Waals surface area contributed by atoms with Crippen molar-refractivity contribution in [2.75, 3.05) is 0 Å². The van der Waals surface area contributed by atoms with Gasteiger partial charge >= 0.3 is 0 Å². The first-order chi connectivity index (χ1) is 14.6. The molecule has 4 rings (SSSR count). The van der Waals surface area contributed by atoms with Crippen molar-refractivity contribution >= 4 is 0 Å². The van der Waals surface area contributed by atoms with Crippen molar-refractivity contribution in [1.82, 2.24) is 0 Å². The Kier molecular flexibility index (Phi) is 6.59. The summed E-state index contributed by atoms with van der Waals surface area (Å²) >= 11 is 0. The number of rotatable bonds is 6. The van der Waals surface area contributed by atoms with E-state index >= 15 is 0 Å². The van der Waals surface area contributed by atoms with Gasteiger partial charge in [0.05, 0.1) is 6.10 Å². The van der Waals surface area contributed by atoms with Gasteiger partial charge in [0, 0.05) is 0 Å². The minimum atomic E-state index is -0.0487. The molecule has 0 aliphatic heterocycles. The SMILES string of the molecule is C=C(C[C@H](C)C[C@H]1CCC2C3=CC[C@H]4C[C@@H](O)CC[C@]4(C)C3CC[C@@]21C)C(C)C(C)C. The third kappa shape index (κ3) is 4.11. The molecule has 9 atom stereocenters. The van der Waals surface area contributed by atoms with Crippen molar-refractivity contribution in [2.24, 2.45) is 52.3 Å². The summed E-state index contributed by atoms with van der Waals surface area (Å²) in [5.74, 6) is 5.31. The highest BCUT2D eigenvalue weighted by atomic mass is 16.3. The van der Waals surface area contributed by atoms with Gasteiger partial charge in [-0.2, -0.15) is 0 Å². The minimum Gasteiger partial charge on any atom is -0.393 e. The maximum Gasteiger partial charge on any atom is 0.0543 e. The summed E-state index contributed by atoms with van der Waals surface area (Å²) in [4.78, 5) is 0. The van der Waals surface area contributed by atoms with Gasteiger partial charge in [0.25, 0.3) is 0 Å². The molecule has 0 radical (unpaired) electrons. The van der Waals surface area contributed by atoms with Gasteiger partial charge in [-0.05, 0) is 116 Å². The molecule has 0 aromatic heterocycles. The molecule has 0 heterocycles. The first-order valence-corrected chi connectivity index (χ1v) is 13.6. The number of allylic oxidation sites excluding steroid dienone is 3. The molecular formula is C30H50O. The molecule has 0 bridgehead atoms.